The number of carbonyl (C=O) groups excluding carboxylic acids is 1. The summed E-state index contributed by atoms with van der Waals surface area (Å²) in [6.45, 7) is 5.22. The molecule has 0 saturated heterocycles. The van der Waals surface area contributed by atoms with Gasteiger partial charge in [-0.25, -0.2) is 0 Å². The summed E-state index contributed by atoms with van der Waals surface area (Å²) in [6.07, 6.45) is 12.3. The quantitative estimate of drug-likeness (QED) is 0.335. The van der Waals surface area contributed by atoms with Gasteiger partial charge in [0.2, 0.25) is 5.91 Å². The summed E-state index contributed by atoms with van der Waals surface area (Å²) in [7, 11) is 0. The Morgan fingerprint density at radius 2 is 1.36 bits per heavy atom. The molecule has 22 heavy (non-hydrogen) atoms. The van der Waals surface area contributed by atoms with E-state index in [0.717, 1.165) is 19.5 Å². The van der Waals surface area contributed by atoms with Gasteiger partial charge in [-0.15, -0.1) is 34.0 Å². The maximum absolute atomic E-state index is 11.5. The van der Waals surface area contributed by atoms with E-state index in [9.17, 15) is 4.79 Å². The minimum Gasteiger partial charge on any atom is -0.355 e. The minimum absolute atomic E-state index is 0. The van der Waals surface area contributed by atoms with Crippen LogP contribution in [-0.4, -0.2) is 32.1 Å². The zero-order valence-corrected chi connectivity index (χ0v) is 17.6. The fourth-order valence-corrected chi connectivity index (χ4v) is 2.20. The van der Waals surface area contributed by atoms with Crippen LogP contribution >= 0.6 is 34.0 Å². The fourth-order valence-electron chi connectivity index (χ4n) is 2.20. The van der Waals surface area contributed by atoms with E-state index in [1.165, 1.54) is 51.4 Å². The third-order valence-corrected chi connectivity index (χ3v) is 3.45. The van der Waals surface area contributed by atoms with Crippen LogP contribution in [-0.2, 0) is 4.79 Å². The van der Waals surface area contributed by atoms with Gasteiger partial charge in [-0.05, 0) is 6.42 Å². The average Bonchev–Trinajstić information content (AvgIpc) is 2.45. The molecule has 136 valence electrons. The lowest BCUT2D eigenvalue weighted by molar-refractivity contribution is -0.121. The molecule has 4 N–H and O–H groups in total. The van der Waals surface area contributed by atoms with Crippen molar-refractivity contribution in [3.05, 3.63) is 0 Å². The molecule has 0 aliphatic rings. The summed E-state index contributed by atoms with van der Waals surface area (Å²) in [5, 5.41) is 6.08. The molecule has 0 fully saturated rings. The highest BCUT2D eigenvalue weighted by molar-refractivity contribution is 8.93. The highest BCUT2D eigenvalue weighted by Gasteiger charge is 2.00. The second-order valence-corrected chi connectivity index (χ2v) is 5.47. The molecule has 0 saturated carbocycles. The highest BCUT2D eigenvalue weighted by Crippen LogP contribution is 2.10. The van der Waals surface area contributed by atoms with E-state index in [1.807, 2.05) is 0 Å². The maximum Gasteiger partial charge on any atom is 0.220 e. The van der Waals surface area contributed by atoms with Gasteiger partial charge in [-0.3, -0.25) is 4.79 Å². The lowest BCUT2D eigenvalue weighted by Gasteiger charge is -2.06. The van der Waals surface area contributed by atoms with Crippen LogP contribution in [0.3, 0.4) is 0 Å². The fraction of sp³-hybridized carbons (Fsp3) is 0.938. The van der Waals surface area contributed by atoms with Crippen molar-refractivity contribution in [2.24, 2.45) is 5.73 Å². The van der Waals surface area contributed by atoms with Crippen molar-refractivity contribution in [3.8, 4) is 0 Å². The summed E-state index contributed by atoms with van der Waals surface area (Å²) in [6, 6.07) is 0. The van der Waals surface area contributed by atoms with Crippen LogP contribution in [0.2, 0.25) is 0 Å². The van der Waals surface area contributed by atoms with E-state index < -0.39 is 0 Å². The molecule has 4 nitrogen and oxygen atoms in total. The smallest absolute Gasteiger partial charge is 0.220 e. The molecule has 6 heteroatoms. The van der Waals surface area contributed by atoms with Crippen molar-refractivity contribution in [2.75, 3.05) is 26.2 Å². The monoisotopic (exact) mass is 445 g/mol. The van der Waals surface area contributed by atoms with Crippen molar-refractivity contribution < 1.29 is 4.79 Å². The first kappa shape index (κ1) is 27.2. The second-order valence-electron chi connectivity index (χ2n) is 5.47. The summed E-state index contributed by atoms with van der Waals surface area (Å²) in [4.78, 5) is 11.5. The first-order valence-electron chi connectivity index (χ1n) is 8.48. The second kappa shape index (κ2) is 23.6. The lowest BCUT2D eigenvalue weighted by atomic mass is 10.1. The first-order valence-corrected chi connectivity index (χ1v) is 8.48. The Labute approximate surface area is 158 Å². The van der Waals surface area contributed by atoms with Crippen LogP contribution in [0.5, 0.6) is 0 Å². The number of hydrogen-bond donors (Lipinski definition) is 3. The number of nitrogens with one attached hydrogen (secondary N) is 2. The normalized spacial score (nSPS) is 9.73. The van der Waals surface area contributed by atoms with Gasteiger partial charge in [0.25, 0.3) is 0 Å². The summed E-state index contributed by atoms with van der Waals surface area (Å²) >= 11 is 0. The Balaban J connectivity index is -0.00000180. The van der Waals surface area contributed by atoms with Gasteiger partial charge in [-0.1, -0.05) is 58.3 Å². The third kappa shape index (κ3) is 22.6. The molecule has 0 aromatic rings. The molecule has 0 aliphatic heterocycles. The number of halogens is 2. The van der Waals surface area contributed by atoms with E-state index in [-0.39, 0.29) is 39.9 Å². The highest BCUT2D eigenvalue weighted by atomic mass is 79.9. The van der Waals surface area contributed by atoms with Crippen LogP contribution in [0.25, 0.3) is 0 Å². The zero-order valence-electron chi connectivity index (χ0n) is 14.2. The van der Waals surface area contributed by atoms with Crippen molar-refractivity contribution in [1.29, 1.82) is 0 Å². The Bertz CT molecular complexity index is 220. The van der Waals surface area contributed by atoms with E-state index in [2.05, 4.69) is 17.6 Å². The third-order valence-electron chi connectivity index (χ3n) is 3.45. The molecular formula is C16H37Br2N3O. The molecule has 0 unspecified atom stereocenters. The predicted molar refractivity (Wildman–Crippen MR) is 107 cm³/mol. The molecule has 0 bridgehead atoms. The first-order chi connectivity index (χ1) is 9.81. The van der Waals surface area contributed by atoms with E-state index in [0.29, 0.717) is 19.5 Å². The number of rotatable bonds is 15. The molecule has 0 spiro atoms. The van der Waals surface area contributed by atoms with Crippen LogP contribution in [0, 0.1) is 0 Å². The maximum atomic E-state index is 11.5. The number of amides is 1. The summed E-state index contributed by atoms with van der Waals surface area (Å²) < 4.78 is 0. The van der Waals surface area contributed by atoms with Crippen LogP contribution in [0.15, 0.2) is 0 Å². The van der Waals surface area contributed by atoms with Crippen LogP contribution in [0.4, 0.5) is 0 Å². The van der Waals surface area contributed by atoms with Crippen LogP contribution in [0.1, 0.15) is 71.1 Å². The Kier molecular flexibility index (Phi) is 29.2. The molecule has 0 aromatic heterocycles. The largest absolute Gasteiger partial charge is 0.355 e. The van der Waals surface area contributed by atoms with E-state index in [4.69, 9.17) is 5.73 Å². The molecule has 1 amide bonds. The topological polar surface area (TPSA) is 67.2 Å². The molecule has 0 radical (unpaired) electrons. The van der Waals surface area contributed by atoms with Gasteiger partial charge in [-0.2, -0.15) is 0 Å². The summed E-state index contributed by atoms with van der Waals surface area (Å²) in [5.74, 6) is 0.183. The summed E-state index contributed by atoms with van der Waals surface area (Å²) in [5.41, 5.74) is 5.36. The predicted octanol–water partition coefficient (Wildman–Crippen LogP) is 3.73. The number of hydrogen-bond acceptors (Lipinski definition) is 3. The lowest BCUT2D eigenvalue weighted by Crippen LogP contribution is -2.33. The van der Waals surface area contributed by atoms with Crippen molar-refractivity contribution in [3.63, 3.8) is 0 Å². The van der Waals surface area contributed by atoms with Gasteiger partial charge in [0, 0.05) is 32.6 Å². The van der Waals surface area contributed by atoms with Gasteiger partial charge in [0.1, 0.15) is 0 Å². The Morgan fingerprint density at radius 3 is 1.91 bits per heavy atom. The van der Waals surface area contributed by atoms with E-state index >= 15 is 0 Å². The number of unbranched alkanes of at least 4 members (excludes halogenated alkanes) is 8. The molecule has 0 aromatic carbocycles. The van der Waals surface area contributed by atoms with Crippen molar-refractivity contribution in [2.45, 2.75) is 71.1 Å². The molecule has 0 rings (SSSR count). The zero-order chi connectivity index (χ0) is 14.9. The molecule has 0 aliphatic carbocycles. The minimum atomic E-state index is 0. The van der Waals surface area contributed by atoms with Gasteiger partial charge in [0.15, 0.2) is 0 Å². The van der Waals surface area contributed by atoms with Gasteiger partial charge >= 0.3 is 0 Å². The van der Waals surface area contributed by atoms with Crippen LogP contribution < -0.4 is 16.4 Å². The standard InChI is InChI=1S/C16H35N3O.2BrH/c1-2-3-4-5-6-7-8-9-10-11-16(20)19-15-14-18-13-12-17;;/h18H,2-15,17H2,1H3,(H,19,20);2*1H. The van der Waals surface area contributed by atoms with Crippen molar-refractivity contribution in [1.82, 2.24) is 10.6 Å². The Morgan fingerprint density at radius 1 is 0.818 bits per heavy atom. The average molecular weight is 447 g/mol. The molecule has 0 atom stereocenters. The number of carbonyl (C=O) groups is 1. The molecule has 0 heterocycles. The Hall–Kier alpha value is 0.350. The number of nitrogens with two attached hydrogens (primary N) is 1. The van der Waals surface area contributed by atoms with E-state index in [1.54, 1.807) is 0 Å². The molecular weight excluding hydrogens is 410 g/mol. The SMILES string of the molecule is Br.Br.CCCCCCCCCCCC(=O)NCCNCCN. The van der Waals surface area contributed by atoms with Gasteiger partial charge < -0.3 is 16.4 Å². The van der Waals surface area contributed by atoms with Crippen molar-refractivity contribution >= 4 is 39.9 Å². The van der Waals surface area contributed by atoms with Gasteiger partial charge in [0.05, 0.1) is 0 Å².